The Balaban J connectivity index is 2.34. The number of hydrogen-bond acceptors (Lipinski definition) is 2. The normalized spacial score (nSPS) is 34.6. The van der Waals surface area contributed by atoms with Gasteiger partial charge in [0, 0.05) is 0 Å². The Bertz CT molecular complexity index is 228. The minimum Gasteiger partial charge on any atom is -0.0824 e. The quantitative estimate of drug-likeness (QED) is 0.571. The van der Waals surface area contributed by atoms with Crippen LogP contribution in [0.4, 0.5) is 0 Å². The summed E-state index contributed by atoms with van der Waals surface area (Å²) in [5.41, 5.74) is 1.54. The minimum absolute atomic E-state index is 0.435. The smallest absolute Gasteiger partial charge is 0.0577 e. The molecule has 2 heteroatoms. The fraction of sp³-hybridized carbons (Fsp3) is 0.556. The summed E-state index contributed by atoms with van der Waals surface area (Å²) in [7, 11) is 3.93. The molecule has 0 amide bonds. The molecule has 0 bridgehead atoms. The van der Waals surface area contributed by atoms with Crippen molar-refractivity contribution >= 4 is 21.6 Å². The van der Waals surface area contributed by atoms with Gasteiger partial charge in [-0.1, -0.05) is 47.6 Å². The Morgan fingerprint density at radius 2 is 2.36 bits per heavy atom. The molecule has 2 aliphatic rings. The van der Waals surface area contributed by atoms with Crippen LogP contribution in [0.1, 0.15) is 20.3 Å². The zero-order chi connectivity index (χ0) is 7.90. The molecule has 1 unspecified atom stereocenters. The summed E-state index contributed by atoms with van der Waals surface area (Å²) in [5.74, 6) is 0.753. The van der Waals surface area contributed by atoms with Crippen molar-refractivity contribution in [3.8, 4) is 0 Å². The second-order valence-electron chi connectivity index (χ2n) is 3.40. The van der Waals surface area contributed by atoms with E-state index >= 15 is 0 Å². The second-order valence-corrected chi connectivity index (χ2v) is 5.80. The number of fused-ring (bicyclic) bond motifs is 1. The van der Waals surface area contributed by atoms with Gasteiger partial charge in [-0.3, -0.25) is 0 Å². The van der Waals surface area contributed by atoms with Gasteiger partial charge >= 0.3 is 0 Å². The Morgan fingerprint density at radius 1 is 1.55 bits per heavy atom. The Labute approximate surface area is 75.9 Å². The fourth-order valence-corrected chi connectivity index (χ4v) is 4.98. The van der Waals surface area contributed by atoms with E-state index < -0.39 is 0 Å². The van der Waals surface area contributed by atoms with E-state index in [0.717, 1.165) is 5.92 Å². The highest BCUT2D eigenvalue weighted by Crippen LogP contribution is 2.58. The predicted octanol–water partition coefficient (Wildman–Crippen LogP) is 3.62. The molecule has 0 saturated heterocycles. The monoisotopic (exact) mass is 184 g/mol. The Kier molecular flexibility index (Phi) is 1.84. The molecule has 11 heavy (non-hydrogen) atoms. The molecule has 0 nitrogen and oxygen atoms in total. The van der Waals surface area contributed by atoms with Crippen LogP contribution in [0.5, 0.6) is 0 Å². The van der Waals surface area contributed by atoms with Crippen molar-refractivity contribution in [3.63, 3.8) is 0 Å². The van der Waals surface area contributed by atoms with Gasteiger partial charge in [-0.05, 0) is 23.3 Å². The first-order valence-corrected chi connectivity index (χ1v) is 6.19. The topological polar surface area (TPSA) is 0 Å². The SMILES string of the molecule is CC(C)C12CC=CC1=CSS2. The highest BCUT2D eigenvalue weighted by Gasteiger charge is 2.42. The third-order valence-electron chi connectivity index (χ3n) is 2.51. The van der Waals surface area contributed by atoms with E-state index in [-0.39, 0.29) is 0 Å². The maximum Gasteiger partial charge on any atom is 0.0577 e. The third kappa shape index (κ3) is 0.994. The average Bonchev–Trinajstić information content (AvgIpc) is 2.40. The number of hydrogen-bond donors (Lipinski definition) is 0. The van der Waals surface area contributed by atoms with Crippen molar-refractivity contribution < 1.29 is 0 Å². The van der Waals surface area contributed by atoms with E-state index in [2.05, 4.69) is 31.4 Å². The molecule has 0 aromatic carbocycles. The van der Waals surface area contributed by atoms with Crippen molar-refractivity contribution in [1.82, 2.24) is 0 Å². The van der Waals surface area contributed by atoms with Gasteiger partial charge in [-0.25, -0.2) is 0 Å². The molecule has 1 atom stereocenters. The molecule has 1 heterocycles. The van der Waals surface area contributed by atoms with Crippen molar-refractivity contribution in [3.05, 3.63) is 23.1 Å². The lowest BCUT2D eigenvalue weighted by atomic mass is 9.89. The highest BCUT2D eigenvalue weighted by molar-refractivity contribution is 8.78. The zero-order valence-corrected chi connectivity index (χ0v) is 8.47. The average molecular weight is 184 g/mol. The van der Waals surface area contributed by atoms with Crippen LogP contribution in [0.15, 0.2) is 23.1 Å². The van der Waals surface area contributed by atoms with Gasteiger partial charge in [0.25, 0.3) is 0 Å². The molecule has 0 spiro atoms. The molecule has 1 aliphatic carbocycles. The van der Waals surface area contributed by atoms with Crippen LogP contribution < -0.4 is 0 Å². The van der Waals surface area contributed by atoms with Crippen LogP contribution in [0.2, 0.25) is 0 Å². The molecule has 0 radical (unpaired) electrons. The molecule has 0 N–H and O–H groups in total. The first kappa shape index (κ1) is 7.81. The van der Waals surface area contributed by atoms with Gasteiger partial charge < -0.3 is 0 Å². The molecule has 1 aliphatic heterocycles. The van der Waals surface area contributed by atoms with Crippen molar-refractivity contribution in [2.45, 2.75) is 25.0 Å². The van der Waals surface area contributed by atoms with E-state index in [9.17, 15) is 0 Å². The van der Waals surface area contributed by atoms with E-state index in [1.807, 2.05) is 21.6 Å². The molecule has 0 saturated carbocycles. The lowest BCUT2D eigenvalue weighted by Crippen LogP contribution is -2.27. The molecular formula is C9H12S2. The first-order chi connectivity index (χ1) is 5.26. The van der Waals surface area contributed by atoms with Crippen molar-refractivity contribution in [2.75, 3.05) is 0 Å². The summed E-state index contributed by atoms with van der Waals surface area (Å²) in [6.45, 7) is 4.64. The van der Waals surface area contributed by atoms with Crippen LogP contribution in [0.3, 0.4) is 0 Å². The van der Waals surface area contributed by atoms with Crippen LogP contribution in [-0.2, 0) is 0 Å². The Morgan fingerprint density at radius 3 is 3.00 bits per heavy atom. The first-order valence-electron chi connectivity index (χ1n) is 3.97. The molecule has 0 fully saturated rings. The van der Waals surface area contributed by atoms with Crippen molar-refractivity contribution in [2.24, 2.45) is 5.92 Å². The van der Waals surface area contributed by atoms with Crippen molar-refractivity contribution in [1.29, 1.82) is 0 Å². The summed E-state index contributed by atoms with van der Waals surface area (Å²) < 4.78 is 0.435. The number of allylic oxidation sites excluding steroid dienone is 2. The van der Waals surface area contributed by atoms with Crippen LogP contribution in [0, 0.1) is 5.92 Å². The van der Waals surface area contributed by atoms with Gasteiger partial charge in [-0.2, -0.15) is 0 Å². The van der Waals surface area contributed by atoms with E-state index in [0.29, 0.717) is 4.75 Å². The zero-order valence-electron chi connectivity index (χ0n) is 6.83. The minimum atomic E-state index is 0.435. The summed E-state index contributed by atoms with van der Waals surface area (Å²) in [5, 5.41) is 2.30. The molecule has 0 aromatic heterocycles. The summed E-state index contributed by atoms with van der Waals surface area (Å²) >= 11 is 0. The third-order valence-corrected chi connectivity index (χ3v) is 5.60. The molecule has 60 valence electrons. The van der Waals surface area contributed by atoms with E-state index in [1.54, 1.807) is 5.57 Å². The van der Waals surface area contributed by atoms with E-state index in [1.165, 1.54) is 6.42 Å². The summed E-state index contributed by atoms with van der Waals surface area (Å²) in [6.07, 6.45) is 5.82. The lowest BCUT2D eigenvalue weighted by Gasteiger charge is -2.29. The predicted molar refractivity (Wildman–Crippen MR) is 54.6 cm³/mol. The maximum atomic E-state index is 2.32. The summed E-state index contributed by atoms with van der Waals surface area (Å²) in [4.78, 5) is 0. The van der Waals surface area contributed by atoms with Gasteiger partial charge in [0.15, 0.2) is 0 Å². The van der Waals surface area contributed by atoms with Gasteiger partial charge in [0.05, 0.1) is 4.75 Å². The van der Waals surface area contributed by atoms with Gasteiger partial charge in [-0.15, -0.1) is 0 Å². The van der Waals surface area contributed by atoms with Gasteiger partial charge in [0.1, 0.15) is 0 Å². The van der Waals surface area contributed by atoms with Crippen LogP contribution in [-0.4, -0.2) is 4.75 Å². The standard InChI is InChI=1S/C9H12S2/c1-7(2)9-5-3-4-8(9)6-10-11-9/h3-4,6-7H,5H2,1-2H3. The number of rotatable bonds is 1. The Hall–Kier alpha value is 0.180. The lowest BCUT2D eigenvalue weighted by molar-refractivity contribution is 0.517. The molecular weight excluding hydrogens is 172 g/mol. The van der Waals surface area contributed by atoms with E-state index in [4.69, 9.17) is 0 Å². The molecule has 2 rings (SSSR count). The van der Waals surface area contributed by atoms with Crippen LogP contribution >= 0.6 is 21.6 Å². The second kappa shape index (κ2) is 2.60. The molecule has 0 aromatic rings. The summed E-state index contributed by atoms with van der Waals surface area (Å²) in [6, 6.07) is 0. The van der Waals surface area contributed by atoms with Crippen LogP contribution in [0.25, 0.3) is 0 Å². The largest absolute Gasteiger partial charge is 0.0824 e. The van der Waals surface area contributed by atoms with Gasteiger partial charge in [0.2, 0.25) is 0 Å². The maximum absolute atomic E-state index is 2.32. The highest BCUT2D eigenvalue weighted by atomic mass is 33.1. The fourth-order valence-electron chi connectivity index (χ4n) is 1.67.